The average Bonchev–Trinajstić information content (AvgIpc) is 2.56. The highest BCUT2D eigenvalue weighted by Gasteiger charge is 2.15. The van der Waals surface area contributed by atoms with Crippen LogP contribution in [0.4, 0.5) is 0 Å². The van der Waals surface area contributed by atoms with E-state index in [4.69, 9.17) is 5.21 Å². The van der Waals surface area contributed by atoms with Crippen LogP contribution in [0.15, 0.2) is 24.3 Å². The second kappa shape index (κ2) is 8.91. The van der Waals surface area contributed by atoms with Gasteiger partial charge in [0.2, 0.25) is 5.91 Å². The Morgan fingerprint density at radius 3 is 2.73 bits per heavy atom. The fraction of sp³-hybridized carbons (Fsp3) is 0.611. The maximum absolute atomic E-state index is 11.2. The van der Waals surface area contributed by atoms with E-state index in [9.17, 15) is 4.79 Å². The second-order valence-electron chi connectivity index (χ2n) is 6.37. The molecule has 1 heterocycles. The van der Waals surface area contributed by atoms with Crippen molar-refractivity contribution >= 4 is 5.91 Å². The summed E-state index contributed by atoms with van der Waals surface area (Å²) in [5.74, 6) is -0.365. The Bertz CT molecular complexity index is 476. The van der Waals surface area contributed by atoms with Crippen LogP contribution in [0.1, 0.15) is 50.2 Å². The molecule has 22 heavy (non-hydrogen) atoms. The molecule has 4 heteroatoms. The quantitative estimate of drug-likeness (QED) is 0.441. The molecule has 1 atom stereocenters. The van der Waals surface area contributed by atoms with Crippen molar-refractivity contribution in [3.8, 4) is 0 Å². The molecule has 0 aromatic heterocycles. The molecule has 1 aliphatic rings. The van der Waals surface area contributed by atoms with E-state index in [-0.39, 0.29) is 11.8 Å². The Morgan fingerprint density at radius 1 is 1.23 bits per heavy atom. The molecule has 0 spiro atoms. The van der Waals surface area contributed by atoms with Crippen LogP contribution in [0.2, 0.25) is 0 Å². The van der Waals surface area contributed by atoms with Crippen LogP contribution in [-0.2, 0) is 17.8 Å². The lowest BCUT2D eigenvalue weighted by Gasteiger charge is -2.28. The van der Waals surface area contributed by atoms with Crippen LogP contribution >= 0.6 is 0 Å². The number of hydrogen-bond acceptors (Lipinski definition) is 3. The summed E-state index contributed by atoms with van der Waals surface area (Å²) in [5, 5.41) is 8.55. The maximum Gasteiger partial charge on any atom is 0.246 e. The third kappa shape index (κ3) is 5.11. The fourth-order valence-corrected chi connectivity index (χ4v) is 3.13. The number of nitrogens with one attached hydrogen (secondary N) is 1. The maximum atomic E-state index is 11.2. The van der Waals surface area contributed by atoms with Gasteiger partial charge in [-0.3, -0.25) is 14.9 Å². The number of unbranched alkanes of at least 4 members (excludes halogenated alkanes) is 3. The number of hydrogen-bond donors (Lipinski definition) is 2. The summed E-state index contributed by atoms with van der Waals surface area (Å²) in [6, 6.07) is 8.75. The molecular weight excluding hydrogens is 276 g/mol. The first kappa shape index (κ1) is 17.0. The molecule has 1 aromatic rings. The second-order valence-corrected chi connectivity index (χ2v) is 6.37. The lowest BCUT2D eigenvalue weighted by Crippen LogP contribution is -2.31. The minimum absolute atomic E-state index is 0.0939. The number of amides is 1. The predicted octanol–water partition coefficient (Wildman–Crippen LogP) is 3.14. The molecule has 0 saturated heterocycles. The normalized spacial score (nSPS) is 16.1. The van der Waals surface area contributed by atoms with Crippen LogP contribution in [0.3, 0.4) is 0 Å². The molecule has 1 amide bonds. The van der Waals surface area contributed by atoms with Gasteiger partial charge >= 0.3 is 0 Å². The van der Waals surface area contributed by atoms with E-state index in [0.717, 1.165) is 25.8 Å². The smallest absolute Gasteiger partial charge is 0.246 e. The molecule has 0 saturated carbocycles. The van der Waals surface area contributed by atoms with Crippen LogP contribution in [-0.4, -0.2) is 29.1 Å². The van der Waals surface area contributed by atoms with Crippen molar-refractivity contribution in [1.29, 1.82) is 0 Å². The van der Waals surface area contributed by atoms with E-state index < -0.39 is 0 Å². The minimum atomic E-state index is -0.271. The molecule has 1 aromatic carbocycles. The van der Waals surface area contributed by atoms with E-state index in [1.165, 1.54) is 43.5 Å². The van der Waals surface area contributed by atoms with Gasteiger partial charge in [-0.2, -0.15) is 0 Å². The summed E-state index contributed by atoms with van der Waals surface area (Å²) in [4.78, 5) is 13.7. The minimum Gasteiger partial charge on any atom is -0.299 e. The molecule has 0 radical (unpaired) electrons. The van der Waals surface area contributed by atoms with Gasteiger partial charge in [0.05, 0.1) is 0 Å². The summed E-state index contributed by atoms with van der Waals surface area (Å²) in [7, 11) is 0. The van der Waals surface area contributed by atoms with E-state index >= 15 is 0 Å². The van der Waals surface area contributed by atoms with Crippen molar-refractivity contribution in [1.82, 2.24) is 10.4 Å². The van der Waals surface area contributed by atoms with Gasteiger partial charge in [-0.15, -0.1) is 0 Å². The topological polar surface area (TPSA) is 52.6 Å². The molecule has 1 aliphatic heterocycles. The Labute approximate surface area is 133 Å². The average molecular weight is 304 g/mol. The highest BCUT2D eigenvalue weighted by Crippen LogP contribution is 2.19. The summed E-state index contributed by atoms with van der Waals surface area (Å²) < 4.78 is 0. The largest absolute Gasteiger partial charge is 0.299 e. The predicted molar refractivity (Wildman–Crippen MR) is 87.6 cm³/mol. The fourth-order valence-electron chi connectivity index (χ4n) is 3.13. The Morgan fingerprint density at radius 2 is 1.95 bits per heavy atom. The number of carbonyl (C=O) groups is 1. The zero-order chi connectivity index (χ0) is 15.8. The first-order valence-electron chi connectivity index (χ1n) is 8.44. The van der Waals surface area contributed by atoms with Gasteiger partial charge < -0.3 is 0 Å². The van der Waals surface area contributed by atoms with Crippen molar-refractivity contribution in [2.75, 3.05) is 13.1 Å². The zero-order valence-corrected chi connectivity index (χ0v) is 13.6. The molecule has 1 unspecified atom stereocenters. The van der Waals surface area contributed by atoms with Gasteiger partial charge in [0, 0.05) is 19.0 Å². The van der Waals surface area contributed by atoms with Crippen LogP contribution < -0.4 is 5.48 Å². The van der Waals surface area contributed by atoms with Crippen molar-refractivity contribution in [3.63, 3.8) is 0 Å². The number of hydroxylamine groups is 1. The first-order chi connectivity index (χ1) is 10.7. The van der Waals surface area contributed by atoms with Crippen LogP contribution in [0.5, 0.6) is 0 Å². The SMILES string of the molecule is CC(CCCCCCN1CCc2ccccc2C1)C(=O)NO. The van der Waals surface area contributed by atoms with E-state index in [0.29, 0.717) is 0 Å². The highest BCUT2D eigenvalue weighted by atomic mass is 16.5. The Balaban J connectivity index is 1.56. The molecule has 2 rings (SSSR count). The lowest BCUT2D eigenvalue weighted by atomic mass is 9.99. The van der Waals surface area contributed by atoms with Crippen molar-refractivity contribution in [2.24, 2.45) is 5.92 Å². The lowest BCUT2D eigenvalue weighted by molar-refractivity contribution is -0.133. The van der Waals surface area contributed by atoms with Crippen LogP contribution in [0.25, 0.3) is 0 Å². The number of nitrogens with zero attached hydrogens (tertiary/aromatic N) is 1. The zero-order valence-electron chi connectivity index (χ0n) is 13.6. The van der Waals surface area contributed by atoms with Gasteiger partial charge in [0.15, 0.2) is 0 Å². The van der Waals surface area contributed by atoms with Crippen LogP contribution in [0, 0.1) is 5.92 Å². The Hall–Kier alpha value is -1.39. The van der Waals surface area contributed by atoms with E-state index in [1.54, 1.807) is 5.48 Å². The van der Waals surface area contributed by atoms with Gasteiger partial charge in [0.25, 0.3) is 0 Å². The van der Waals surface area contributed by atoms with Gasteiger partial charge in [0.1, 0.15) is 0 Å². The summed E-state index contributed by atoms with van der Waals surface area (Å²) >= 11 is 0. The van der Waals surface area contributed by atoms with Crippen molar-refractivity contribution in [3.05, 3.63) is 35.4 Å². The molecule has 0 aliphatic carbocycles. The van der Waals surface area contributed by atoms with Crippen molar-refractivity contribution in [2.45, 2.75) is 52.0 Å². The third-order valence-corrected chi connectivity index (χ3v) is 4.63. The molecule has 4 nitrogen and oxygen atoms in total. The summed E-state index contributed by atoms with van der Waals surface area (Å²) in [5.41, 5.74) is 4.72. The van der Waals surface area contributed by atoms with E-state index in [2.05, 4.69) is 29.2 Å². The first-order valence-corrected chi connectivity index (χ1v) is 8.44. The standard InChI is InChI=1S/C18H28N2O2/c1-15(18(21)19-22)8-4-2-3-7-12-20-13-11-16-9-5-6-10-17(16)14-20/h5-6,9-10,15,22H,2-4,7-8,11-14H2,1H3,(H,19,21). The third-order valence-electron chi connectivity index (χ3n) is 4.63. The number of carbonyl (C=O) groups excluding carboxylic acids is 1. The van der Waals surface area contributed by atoms with Gasteiger partial charge in [-0.05, 0) is 36.9 Å². The molecular formula is C18H28N2O2. The molecule has 0 bridgehead atoms. The summed E-state index contributed by atoms with van der Waals surface area (Å²) in [6.07, 6.45) is 6.67. The van der Waals surface area contributed by atoms with Gasteiger partial charge in [-0.25, -0.2) is 5.48 Å². The molecule has 122 valence electrons. The molecule has 0 fully saturated rings. The van der Waals surface area contributed by atoms with Gasteiger partial charge in [-0.1, -0.05) is 50.5 Å². The highest BCUT2D eigenvalue weighted by molar-refractivity contribution is 5.76. The molecule has 2 N–H and O–H groups in total. The Kier molecular flexibility index (Phi) is 6.87. The number of fused-ring (bicyclic) bond motifs is 1. The number of benzene rings is 1. The van der Waals surface area contributed by atoms with Crippen molar-refractivity contribution < 1.29 is 10.0 Å². The summed E-state index contributed by atoms with van der Waals surface area (Å²) in [6.45, 7) is 5.28. The van der Waals surface area contributed by atoms with E-state index in [1.807, 2.05) is 6.92 Å². The monoisotopic (exact) mass is 304 g/mol. The number of rotatable bonds is 8.